The van der Waals surface area contributed by atoms with E-state index in [0.29, 0.717) is 17.8 Å². The van der Waals surface area contributed by atoms with Crippen molar-refractivity contribution in [1.29, 1.82) is 0 Å². The molecule has 0 saturated heterocycles. The van der Waals surface area contributed by atoms with Crippen molar-refractivity contribution in [2.24, 2.45) is 11.5 Å². The molecule has 0 spiro atoms. The van der Waals surface area contributed by atoms with Gasteiger partial charge in [-0.1, -0.05) is 30.3 Å². The molecule has 2 aromatic carbocycles. The van der Waals surface area contributed by atoms with Crippen molar-refractivity contribution >= 4 is 22.7 Å². The van der Waals surface area contributed by atoms with Gasteiger partial charge in [-0.3, -0.25) is 14.3 Å². The number of amides is 2. The summed E-state index contributed by atoms with van der Waals surface area (Å²) in [5.74, 6) is -1.06. The fourth-order valence-corrected chi connectivity index (χ4v) is 2.63. The van der Waals surface area contributed by atoms with Crippen LogP contribution in [-0.2, 0) is 22.7 Å². The lowest BCUT2D eigenvalue weighted by molar-refractivity contribution is -0.122. The third kappa shape index (κ3) is 3.84. The Morgan fingerprint density at radius 2 is 1.84 bits per heavy atom. The SMILES string of the molecule is NC(=O)COCc1nn(Cc2ccccc2)c2ccc(C(N)=O)cc12. The smallest absolute Gasteiger partial charge is 0.248 e. The largest absolute Gasteiger partial charge is 0.368 e. The van der Waals surface area contributed by atoms with Crippen molar-refractivity contribution in [3.63, 3.8) is 0 Å². The van der Waals surface area contributed by atoms with Crippen molar-refractivity contribution in [2.45, 2.75) is 13.2 Å². The molecule has 0 saturated carbocycles. The van der Waals surface area contributed by atoms with Crippen LogP contribution in [0.3, 0.4) is 0 Å². The number of primary amides is 2. The third-order valence-corrected chi connectivity index (χ3v) is 3.77. The summed E-state index contributed by atoms with van der Waals surface area (Å²) in [6, 6.07) is 15.1. The van der Waals surface area contributed by atoms with Gasteiger partial charge < -0.3 is 16.2 Å². The van der Waals surface area contributed by atoms with Crippen LogP contribution >= 0.6 is 0 Å². The van der Waals surface area contributed by atoms with Crippen LogP contribution in [0.2, 0.25) is 0 Å². The number of rotatable bonds is 7. The van der Waals surface area contributed by atoms with E-state index in [1.165, 1.54) is 0 Å². The van der Waals surface area contributed by atoms with Crippen LogP contribution in [0, 0.1) is 0 Å². The Hall–Kier alpha value is -3.19. The van der Waals surface area contributed by atoms with Gasteiger partial charge in [-0.2, -0.15) is 5.10 Å². The average molecular weight is 338 g/mol. The van der Waals surface area contributed by atoms with Gasteiger partial charge in [0, 0.05) is 10.9 Å². The Labute approximate surface area is 144 Å². The molecule has 0 aliphatic rings. The Morgan fingerprint density at radius 1 is 1.08 bits per heavy atom. The van der Waals surface area contributed by atoms with E-state index in [9.17, 15) is 9.59 Å². The highest BCUT2D eigenvalue weighted by atomic mass is 16.5. The van der Waals surface area contributed by atoms with E-state index in [1.54, 1.807) is 12.1 Å². The molecular formula is C18H18N4O3. The van der Waals surface area contributed by atoms with Crippen molar-refractivity contribution in [2.75, 3.05) is 6.61 Å². The maximum absolute atomic E-state index is 11.5. The first-order valence-electron chi connectivity index (χ1n) is 7.74. The quantitative estimate of drug-likeness (QED) is 0.673. The molecular weight excluding hydrogens is 320 g/mol. The standard InChI is InChI=1S/C18H18N4O3/c19-17(23)11-25-10-15-14-8-13(18(20)24)6-7-16(14)22(21-15)9-12-4-2-1-3-5-12/h1-8H,9-11H2,(H2,19,23)(H2,20,24). The fourth-order valence-electron chi connectivity index (χ4n) is 2.63. The van der Waals surface area contributed by atoms with Crippen molar-refractivity contribution in [3.05, 3.63) is 65.4 Å². The first-order chi connectivity index (χ1) is 12.0. The predicted molar refractivity (Wildman–Crippen MR) is 92.6 cm³/mol. The van der Waals surface area contributed by atoms with Crippen LogP contribution < -0.4 is 11.5 Å². The third-order valence-electron chi connectivity index (χ3n) is 3.77. The topological polar surface area (TPSA) is 113 Å². The fraction of sp³-hybridized carbons (Fsp3) is 0.167. The summed E-state index contributed by atoms with van der Waals surface area (Å²) in [4.78, 5) is 22.3. The zero-order chi connectivity index (χ0) is 17.8. The highest BCUT2D eigenvalue weighted by Gasteiger charge is 2.14. The average Bonchev–Trinajstić information content (AvgIpc) is 2.92. The molecule has 7 nitrogen and oxygen atoms in total. The van der Waals surface area contributed by atoms with E-state index in [0.717, 1.165) is 16.5 Å². The lowest BCUT2D eigenvalue weighted by Gasteiger charge is -2.04. The second-order valence-corrected chi connectivity index (χ2v) is 5.65. The van der Waals surface area contributed by atoms with Gasteiger partial charge >= 0.3 is 0 Å². The molecule has 128 valence electrons. The number of carbonyl (C=O) groups is 2. The number of nitrogens with zero attached hydrogens (tertiary/aromatic N) is 2. The minimum absolute atomic E-state index is 0.115. The van der Waals surface area contributed by atoms with Crippen LogP contribution in [0.4, 0.5) is 0 Å². The van der Waals surface area contributed by atoms with Gasteiger partial charge in [0.05, 0.1) is 24.4 Å². The molecule has 25 heavy (non-hydrogen) atoms. The first-order valence-corrected chi connectivity index (χ1v) is 7.74. The van der Waals surface area contributed by atoms with Gasteiger partial charge in [0.1, 0.15) is 6.61 Å². The van der Waals surface area contributed by atoms with Crippen molar-refractivity contribution in [1.82, 2.24) is 9.78 Å². The van der Waals surface area contributed by atoms with Gasteiger partial charge in [-0.15, -0.1) is 0 Å². The minimum Gasteiger partial charge on any atom is -0.368 e. The molecule has 3 aromatic rings. The van der Waals surface area contributed by atoms with E-state index >= 15 is 0 Å². The normalized spacial score (nSPS) is 10.9. The molecule has 2 amide bonds. The Balaban J connectivity index is 1.98. The maximum atomic E-state index is 11.5. The van der Waals surface area contributed by atoms with Gasteiger partial charge in [0.25, 0.3) is 0 Å². The zero-order valence-electron chi connectivity index (χ0n) is 13.5. The summed E-state index contributed by atoms with van der Waals surface area (Å²) in [6.07, 6.45) is 0. The molecule has 0 aliphatic carbocycles. The second-order valence-electron chi connectivity index (χ2n) is 5.65. The number of carbonyl (C=O) groups excluding carboxylic acids is 2. The lowest BCUT2D eigenvalue weighted by atomic mass is 10.1. The molecule has 0 aliphatic heterocycles. The number of ether oxygens (including phenoxy) is 1. The van der Waals surface area contributed by atoms with Gasteiger partial charge in [-0.25, -0.2) is 0 Å². The zero-order valence-corrected chi connectivity index (χ0v) is 13.5. The summed E-state index contributed by atoms with van der Waals surface area (Å²) >= 11 is 0. The number of hydrogen-bond donors (Lipinski definition) is 2. The van der Waals surface area contributed by atoms with Crippen LogP contribution in [0.25, 0.3) is 10.9 Å². The van der Waals surface area contributed by atoms with E-state index < -0.39 is 11.8 Å². The number of aromatic nitrogens is 2. The van der Waals surface area contributed by atoms with E-state index in [2.05, 4.69) is 5.10 Å². The monoisotopic (exact) mass is 338 g/mol. The number of hydrogen-bond acceptors (Lipinski definition) is 4. The maximum Gasteiger partial charge on any atom is 0.248 e. The molecule has 3 rings (SSSR count). The summed E-state index contributed by atoms with van der Waals surface area (Å²) in [6.45, 7) is 0.495. The molecule has 1 aromatic heterocycles. The van der Waals surface area contributed by atoms with Gasteiger partial charge in [-0.05, 0) is 23.8 Å². The van der Waals surface area contributed by atoms with Crippen LogP contribution in [0.1, 0.15) is 21.6 Å². The summed E-state index contributed by atoms with van der Waals surface area (Å²) < 4.78 is 7.12. The first kappa shape index (κ1) is 16.7. The Bertz CT molecular complexity index is 919. The van der Waals surface area contributed by atoms with Crippen LogP contribution in [0.5, 0.6) is 0 Å². The Morgan fingerprint density at radius 3 is 2.52 bits per heavy atom. The van der Waals surface area contributed by atoms with E-state index in [1.807, 2.05) is 41.1 Å². The van der Waals surface area contributed by atoms with E-state index in [-0.39, 0.29) is 13.2 Å². The van der Waals surface area contributed by atoms with Gasteiger partial charge in [0.2, 0.25) is 11.8 Å². The highest BCUT2D eigenvalue weighted by Crippen LogP contribution is 2.22. The predicted octanol–water partition coefficient (Wildman–Crippen LogP) is 1.19. The molecule has 0 fully saturated rings. The van der Waals surface area contributed by atoms with E-state index in [4.69, 9.17) is 16.2 Å². The summed E-state index contributed by atoms with van der Waals surface area (Å²) in [7, 11) is 0. The van der Waals surface area contributed by atoms with Crippen molar-refractivity contribution < 1.29 is 14.3 Å². The summed E-state index contributed by atoms with van der Waals surface area (Å²) in [5.41, 5.74) is 13.4. The Kier molecular flexibility index (Phi) is 4.76. The lowest BCUT2D eigenvalue weighted by Crippen LogP contribution is -2.18. The molecule has 0 unspecified atom stereocenters. The second kappa shape index (κ2) is 7.14. The van der Waals surface area contributed by atoms with Crippen LogP contribution in [-0.4, -0.2) is 28.2 Å². The molecule has 7 heteroatoms. The van der Waals surface area contributed by atoms with Crippen molar-refractivity contribution in [3.8, 4) is 0 Å². The minimum atomic E-state index is -0.550. The molecule has 0 radical (unpaired) electrons. The number of nitrogens with two attached hydrogens (primary N) is 2. The molecule has 4 N–H and O–H groups in total. The number of fused-ring (bicyclic) bond motifs is 1. The molecule has 0 bridgehead atoms. The van der Waals surface area contributed by atoms with Gasteiger partial charge in [0.15, 0.2) is 0 Å². The summed E-state index contributed by atoms with van der Waals surface area (Å²) in [5, 5.41) is 5.33. The number of benzene rings is 2. The molecule has 1 heterocycles. The molecule has 0 atom stereocenters. The highest BCUT2D eigenvalue weighted by molar-refractivity contribution is 5.97. The van der Waals surface area contributed by atoms with Crippen LogP contribution in [0.15, 0.2) is 48.5 Å².